The van der Waals surface area contributed by atoms with Crippen molar-refractivity contribution in [1.82, 2.24) is 4.31 Å². The lowest BCUT2D eigenvalue weighted by Gasteiger charge is -2.36. The smallest absolute Gasteiger partial charge is 0.243 e. The highest BCUT2D eigenvalue weighted by Gasteiger charge is 2.33. The lowest BCUT2D eigenvalue weighted by atomic mass is 9.83. The molecule has 1 fully saturated rings. The molecule has 0 unspecified atom stereocenters. The van der Waals surface area contributed by atoms with Gasteiger partial charge in [0.1, 0.15) is 0 Å². The third-order valence-corrected chi connectivity index (χ3v) is 5.84. The van der Waals surface area contributed by atoms with Crippen molar-refractivity contribution in [3.8, 4) is 0 Å². The first-order valence-corrected chi connectivity index (χ1v) is 8.00. The van der Waals surface area contributed by atoms with Crippen LogP contribution in [0.5, 0.6) is 0 Å². The molecule has 0 aromatic heterocycles. The molecule has 1 N–H and O–H groups in total. The molecule has 0 spiro atoms. The summed E-state index contributed by atoms with van der Waals surface area (Å²) < 4.78 is 26.7. The van der Waals surface area contributed by atoms with Crippen LogP contribution in [0.2, 0.25) is 0 Å². The van der Waals surface area contributed by atoms with Crippen molar-refractivity contribution in [1.29, 1.82) is 0 Å². The Morgan fingerprint density at radius 2 is 1.79 bits per heavy atom. The van der Waals surface area contributed by atoms with Crippen LogP contribution in [0.4, 0.5) is 0 Å². The van der Waals surface area contributed by atoms with Gasteiger partial charge < -0.3 is 5.11 Å². The van der Waals surface area contributed by atoms with E-state index in [4.69, 9.17) is 0 Å². The van der Waals surface area contributed by atoms with Gasteiger partial charge in [-0.3, -0.25) is 0 Å². The van der Waals surface area contributed by atoms with E-state index < -0.39 is 10.0 Å². The largest absolute Gasteiger partial charge is 0.392 e. The van der Waals surface area contributed by atoms with Crippen LogP contribution in [0.3, 0.4) is 0 Å². The van der Waals surface area contributed by atoms with E-state index in [1.54, 1.807) is 24.3 Å². The number of rotatable bonds is 3. The summed E-state index contributed by atoms with van der Waals surface area (Å²) in [7, 11) is -3.48. The van der Waals surface area contributed by atoms with Crippen molar-refractivity contribution in [2.75, 3.05) is 13.1 Å². The van der Waals surface area contributed by atoms with E-state index in [1.807, 2.05) is 0 Å². The van der Waals surface area contributed by atoms with Crippen molar-refractivity contribution in [3.63, 3.8) is 0 Å². The molecule has 1 aromatic carbocycles. The molecule has 0 atom stereocenters. The lowest BCUT2D eigenvalue weighted by Crippen LogP contribution is -2.41. The molecule has 0 bridgehead atoms. The van der Waals surface area contributed by atoms with Crippen molar-refractivity contribution in [3.05, 3.63) is 29.8 Å². The molecule has 1 aliphatic heterocycles. The second kappa shape index (κ2) is 5.23. The predicted molar refractivity (Wildman–Crippen MR) is 74.1 cm³/mol. The van der Waals surface area contributed by atoms with Crippen molar-refractivity contribution in [2.45, 2.75) is 38.2 Å². The van der Waals surface area contributed by atoms with Gasteiger partial charge in [0.05, 0.1) is 11.5 Å². The monoisotopic (exact) mass is 283 g/mol. The van der Waals surface area contributed by atoms with Crippen LogP contribution >= 0.6 is 0 Å². The summed E-state index contributed by atoms with van der Waals surface area (Å²) in [6, 6.07) is 6.66. The van der Waals surface area contributed by atoms with Gasteiger partial charge in [-0.05, 0) is 29.9 Å². The van der Waals surface area contributed by atoms with Crippen LogP contribution in [0.1, 0.15) is 32.3 Å². The minimum atomic E-state index is -3.48. The molecule has 4 nitrogen and oxygen atoms in total. The molecular weight excluding hydrogens is 262 g/mol. The SMILES string of the molecule is CC1(C)CCN(S(=O)(=O)c2ccccc2CO)CC1. The third-order valence-electron chi connectivity index (χ3n) is 3.84. The summed E-state index contributed by atoms with van der Waals surface area (Å²) in [5.74, 6) is 0. The summed E-state index contributed by atoms with van der Waals surface area (Å²) >= 11 is 0. The van der Waals surface area contributed by atoms with E-state index in [0.717, 1.165) is 12.8 Å². The highest BCUT2D eigenvalue weighted by atomic mass is 32.2. The molecule has 0 saturated carbocycles. The molecule has 0 aliphatic carbocycles. The van der Waals surface area contributed by atoms with Gasteiger partial charge in [0.25, 0.3) is 0 Å². The van der Waals surface area contributed by atoms with Gasteiger partial charge in [-0.1, -0.05) is 32.0 Å². The zero-order valence-corrected chi connectivity index (χ0v) is 12.3. The Labute approximate surface area is 115 Å². The first-order chi connectivity index (χ1) is 8.87. The van der Waals surface area contributed by atoms with Crippen molar-refractivity contribution >= 4 is 10.0 Å². The molecule has 1 saturated heterocycles. The molecule has 0 radical (unpaired) electrons. The first kappa shape index (κ1) is 14.5. The summed E-state index contributed by atoms with van der Waals surface area (Å²) in [6.07, 6.45) is 1.74. The molecular formula is C14H21NO3S. The van der Waals surface area contributed by atoms with E-state index in [9.17, 15) is 13.5 Å². The standard InChI is InChI=1S/C14H21NO3S/c1-14(2)7-9-15(10-8-14)19(17,18)13-6-4-3-5-12(13)11-16/h3-6,16H,7-11H2,1-2H3. The van der Waals surface area contributed by atoms with Gasteiger partial charge >= 0.3 is 0 Å². The second-order valence-electron chi connectivity index (χ2n) is 5.83. The summed E-state index contributed by atoms with van der Waals surface area (Å²) in [6.45, 7) is 5.18. The van der Waals surface area contributed by atoms with E-state index >= 15 is 0 Å². The fraction of sp³-hybridized carbons (Fsp3) is 0.571. The molecule has 19 heavy (non-hydrogen) atoms. The maximum atomic E-state index is 12.6. The maximum absolute atomic E-state index is 12.6. The lowest BCUT2D eigenvalue weighted by molar-refractivity contribution is 0.195. The van der Waals surface area contributed by atoms with Gasteiger partial charge in [0.15, 0.2) is 0 Å². The maximum Gasteiger partial charge on any atom is 0.243 e. The molecule has 1 heterocycles. The topological polar surface area (TPSA) is 57.6 Å². The Hall–Kier alpha value is -0.910. The molecule has 106 valence electrons. The van der Waals surface area contributed by atoms with E-state index in [-0.39, 0.29) is 16.9 Å². The average Bonchev–Trinajstić information content (AvgIpc) is 2.38. The summed E-state index contributed by atoms with van der Waals surface area (Å²) in [5.41, 5.74) is 0.676. The number of hydrogen-bond donors (Lipinski definition) is 1. The third kappa shape index (κ3) is 2.99. The van der Waals surface area contributed by atoms with Gasteiger partial charge in [-0.2, -0.15) is 4.31 Å². The van der Waals surface area contributed by atoms with Crippen LogP contribution in [-0.4, -0.2) is 30.9 Å². The van der Waals surface area contributed by atoms with Gasteiger partial charge in [-0.15, -0.1) is 0 Å². The number of hydrogen-bond acceptors (Lipinski definition) is 3. The van der Waals surface area contributed by atoms with Crippen molar-refractivity contribution < 1.29 is 13.5 Å². The minimum absolute atomic E-state index is 0.211. The number of sulfonamides is 1. The molecule has 5 heteroatoms. The fourth-order valence-electron chi connectivity index (χ4n) is 2.36. The summed E-state index contributed by atoms with van der Waals surface area (Å²) in [4.78, 5) is 0.234. The minimum Gasteiger partial charge on any atom is -0.392 e. The molecule has 2 rings (SSSR count). The Bertz CT molecular complexity index is 542. The Morgan fingerprint density at radius 3 is 2.37 bits per heavy atom. The number of aliphatic hydroxyl groups excluding tert-OH is 1. The van der Waals surface area contributed by atoms with Crippen LogP contribution in [0, 0.1) is 5.41 Å². The van der Waals surface area contributed by atoms with E-state index in [0.29, 0.717) is 18.7 Å². The average molecular weight is 283 g/mol. The summed E-state index contributed by atoms with van der Waals surface area (Å²) in [5, 5.41) is 9.28. The fourth-order valence-corrected chi connectivity index (χ4v) is 4.01. The van der Waals surface area contributed by atoms with E-state index in [2.05, 4.69) is 13.8 Å². The van der Waals surface area contributed by atoms with Gasteiger partial charge in [-0.25, -0.2) is 8.42 Å². The van der Waals surface area contributed by atoms with Gasteiger partial charge in [0, 0.05) is 13.1 Å². The Morgan fingerprint density at radius 1 is 1.21 bits per heavy atom. The molecule has 1 aromatic rings. The number of aliphatic hydroxyl groups is 1. The Balaban J connectivity index is 2.28. The first-order valence-electron chi connectivity index (χ1n) is 6.56. The number of piperidine rings is 1. The molecule has 0 amide bonds. The zero-order chi connectivity index (χ0) is 14.1. The van der Waals surface area contributed by atoms with Crippen LogP contribution in [0.25, 0.3) is 0 Å². The van der Waals surface area contributed by atoms with Crippen LogP contribution in [0.15, 0.2) is 29.2 Å². The number of benzene rings is 1. The molecule has 1 aliphatic rings. The van der Waals surface area contributed by atoms with Gasteiger partial charge in [0.2, 0.25) is 10.0 Å². The van der Waals surface area contributed by atoms with Crippen LogP contribution < -0.4 is 0 Å². The Kier molecular flexibility index (Phi) is 3.99. The quantitative estimate of drug-likeness (QED) is 0.923. The second-order valence-corrected chi connectivity index (χ2v) is 7.74. The number of nitrogens with zero attached hydrogens (tertiary/aromatic N) is 1. The van der Waals surface area contributed by atoms with Crippen LogP contribution in [-0.2, 0) is 16.6 Å². The van der Waals surface area contributed by atoms with Crippen molar-refractivity contribution in [2.24, 2.45) is 5.41 Å². The zero-order valence-electron chi connectivity index (χ0n) is 11.5. The highest BCUT2D eigenvalue weighted by molar-refractivity contribution is 7.89. The normalized spacial score (nSPS) is 20.4. The van der Waals surface area contributed by atoms with E-state index in [1.165, 1.54) is 4.31 Å². The highest BCUT2D eigenvalue weighted by Crippen LogP contribution is 2.32. The predicted octanol–water partition coefficient (Wildman–Crippen LogP) is 1.99.